The fourth-order valence-electron chi connectivity index (χ4n) is 2.51. The molecule has 2 N–H and O–H groups in total. The summed E-state index contributed by atoms with van der Waals surface area (Å²) in [5.74, 6) is -0.292. The number of aliphatic hydroxyl groups is 1. The minimum Gasteiger partial charge on any atom is -0.396 e. The summed E-state index contributed by atoms with van der Waals surface area (Å²) in [6.07, 6.45) is 1.65. The predicted molar refractivity (Wildman–Crippen MR) is 79.5 cm³/mol. The maximum absolute atomic E-state index is 11.9. The van der Waals surface area contributed by atoms with Crippen molar-refractivity contribution in [3.8, 4) is 0 Å². The van der Waals surface area contributed by atoms with E-state index in [1.165, 1.54) is 5.56 Å². The number of hydrogen-bond acceptors (Lipinski definition) is 3. The first-order valence-corrected chi connectivity index (χ1v) is 7.41. The Morgan fingerprint density at radius 2 is 2.10 bits per heavy atom. The molecule has 5 nitrogen and oxygen atoms in total. The van der Waals surface area contributed by atoms with E-state index in [0.29, 0.717) is 32.5 Å². The van der Waals surface area contributed by atoms with Crippen molar-refractivity contribution in [1.82, 2.24) is 10.2 Å². The summed E-state index contributed by atoms with van der Waals surface area (Å²) < 4.78 is 0. The molecule has 114 valence electrons. The van der Waals surface area contributed by atoms with Crippen LogP contribution in [0.15, 0.2) is 30.3 Å². The average Bonchev–Trinajstić information content (AvgIpc) is 2.88. The third-order valence-electron chi connectivity index (χ3n) is 3.73. The first-order chi connectivity index (χ1) is 10.2. The number of rotatable bonds is 7. The summed E-state index contributed by atoms with van der Waals surface area (Å²) in [5.41, 5.74) is 1.20. The van der Waals surface area contributed by atoms with Crippen LogP contribution in [0.2, 0.25) is 0 Å². The molecule has 1 atom stereocenters. The molecule has 0 aromatic heterocycles. The molecule has 1 aliphatic heterocycles. The van der Waals surface area contributed by atoms with Crippen LogP contribution in [-0.4, -0.2) is 48.1 Å². The van der Waals surface area contributed by atoms with E-state index < -0.39 is 0 Å². The number of nitrogens with one attached hydrogen (secondary N) is 1. The SMILES string of the molecule is O=C(NCCCO)C1CC(=O)N(CCc2ccccc2)C1. The van der Waals surface area contributed by atoms with Crippen LogP contribution in [0.3, 0.4) is 0 Å². The number of likely N-dealkylation sites (tertiary alicyclic amines) is 1. The van der Waals surface area contributed by atoms with Crippen molar-refractivity contribution in [3.63, 3.8) is 0 Å². The van der Waals surface area contributed by atoms with Crippen LogP contribution < -0.4 is 5.32 Å². The maximum Gasteiger partial charge on any atom is 0.225 e. The highest BCUT2D eigenvalue weighted by Crippen LogP contribution is 2.18. The molecule has 1 aliphatic rings. The van der Waals surface area contributed by atoms with Crippen molar-refractivity contribution in [3.05, 3.63) is 35.9 Å². The van der Waals surface area contributed by atoms with Crippen LogP contribution in [0.25, 0.3) is 0 Å². The summed E-state index contributed by atoms with van der Waals surface area (Å²) >= 11 is 0. The molecule has 0 spiro atoms. The fraction of sp³-hybridized carbons (Fsp3) is 0.500. The molecule has 1 saturated heterocycles. The monoisotopic (exact) mass is 290 g/mol. The van der Waals surface area contributed by atoms with Crippen LogP contribution in [0.1, 0.15) is 18.4 Å². The van der Waals surface area contributed by atoms with Gasteiger partial charge in [0.15, 0.2) is 0 Å². The van der Waals surface area contributed by atoms with Gasteiger partial charge in [0.2, 0.25) is 11.8 Å². The molecule has 1 aromatic carbocycles. The fourth-order valence-corrected chi connectivity index (χ4v) is 2.51. The van der Waals surface area contributed by atoms with E-state index in [0.717, 1.165) is 6.42 Å². The van der Waals surface area contributed by atoms with E-state index in [2.05, 4.69) is 5.32 Å². The lowest BCUT2D eigenvalue weighted by Crippen LogP contribution is -2.34. The van der Waals surface area contributed by atoms with Crippen molar-refractivity contribution in [2.75, 3.05) is 26.2 Å². The molecule has 1 fully saturated rings. The number of aliphatic hydroxyl groups excluding tert-OH is 1. The molecular formula is C16H22N2O3. The quantitative estimate of drug-likeness (QED) is 0.722. The maximum atomic E-state index is 11.9. The van der Waals surface area contributed by atoms with Gasteiger partial charge in [-0.05, 0) is 18.4 Å². The zero-order valence-electron chi connectivity index (χ0n) is 12.1. The third kappa shape index (κ3) is 4.56. The Hall–Kier alpha value is -1.88. The smallest absolute Gasteiger partial charge is 0.225 e. The van der Waals surface area contributed by atoms with Gasteiger partial charge >= 0.3 is 0 Å². The standard InChI is InChI=1S/C16H22N2O3/c19-10-4-8-17-16(21)14-11-15(20)18(12-14)9-7-13-5-2-1-3-6-13/h1-3,5-6,14,19H,4,7-12H2,(H,17,21). The van der Waals surface area contributed by atoms with Gasteiger partial charge < -0.3 is 15.3 Å². The summed E-state index contributed by atoms with van der Waals surface area (Å²) in [4.78, 5) is 25.6. The molecule has 2 amide bonds. The van der Waals surface area contributed by atoms with Crippen LogP contribution in [0.4, 0.5) is 0 Å². The molecule has 1 unspecified atom stereocenters. The Morgan fingerprint density at radius 3 is 2.81 bits per heavy atom. The molecule has 1 aromatic rings. The van der Waals surface area contributed by atoms with Crippen LogP contribution in [-0.2, 0) is 16.0 Å². The van der Waals surface area contributed by atoms with Gasteiger partial charge in [0.25, 0.3) is 0 Å². The molecule has 1 heterocycles. The molecule has 0 radical (unpaired) electrons. The molecule has 2 rings (SSSR count). The first kappa shape index (κ1) is 15.5. The van der Waals surface area contributed by atoms with Gasteiger partial charge in [0.1, 0.15) is 0 Å². The Labute approximate surface area is 125 Å². The van der Waals surface area contributed by atoms with E-state index in [1.54, 1.807) is 4.90 Å². The molecule has 0 aliphatic carbocycles. The zero-order valence-corrected chi connectivity index (χ0v) is 12.1. The van der Waals surface area contributed by atoms with Gasteiger partial charge in [-0.3, -0.25) is 9.59 Å². The van der Waals surface area contributed by atoms with Crippen molar-refractivity contribution in [2.24, 2.45) is 5.92 Å². The van der Waals surface area contributed by atoms with E-state index in [4.69, 9.17) is 5.11 Å². The Morgan fingerprint density at radius 1 is 1.33 bits per heavy atom. The third-order valence-corrected chi connectivity index (χ3v) is 3.73. The highest BCUT2D eigenvalue weighted by molar-refractivity contribution is 5.89. The predicted octanol–water partition coefficient (Wildman–Crippen LogP) is 0.576. The van der Waals surface area contributed by atoms with E-state index in [9.17, 15) is 9.59 Å². The van der Waals surface area contributed by atoms with Crippen molar-refractivity contribution in [2.45, 2.75) is 19.3 Å². The molecule has 0 saturated carbocycles. The van der Waals surface area contributed by atoms with Gasteiger partial charge in [0.05, 0.1) is 5.92 Å². The minimum atomic E-state index is -0.257. The van der Waals surface area contributed by atoms with Gasteiger partial charge in [-0.25, -0.2) is 0 Å². The number of carbonyl (C=O) groups is 2. The number of amides is 2. The molecular weight excluding hydrogens is 268 g/mol. The highest BCUT2D eigenvalue weighted by Gasteiger charge is 2.33. The Balaban J connectivity index is 1.78. The summed E-state index contributed by atoms with van der Waals surface area (Å²) in [6.45, 7) is 1.68. The topological polar surface area (TPSA) is 69.6 Å². The molecule has 21 heavy (non-hydrogen) atoms. The van der Waals surface area contributed by atoms with Crippen molar-refractivity contribution < 1.29 is 14.7 Å². The Kier molecular flexibility index (Phi) is 5.75. The highest BCUT2D eigenvalue weighted by atomic mass is 16.3. The van der Waals surface area contributed by atoms with Gasteiger partial charge in [0, 0.05) is 32.7 Å². The summed E-state index contributed by atoms with van der Waals surface area (Å²) in [5, 5.41) is 11.5. The van der Waals surface area contributed by atoms with Crippen LogP contribution in [0.5, 0.6) is 0 Å². The lowest BCUT2D eigenvalue weighted by Gasteiger charge is -2.16. The van der Waals surface area contributed by atoms with E-state index >= 15 is 0 Å². The second-order valence-electron chi connectivity index (χ2n) is 5.34. The number of benzene rings is 1. The summed E-state index contributed by atoms with van der Waals surface area (Å²) in [6, 6.07) is 10.0. The van der Waals surface area contributed by atoms with Crippen LogP contribution >= 0.6 is 0 Å². The second kappa shape index (κ2) is 7.78. The first-order valence-electron chi connectivity index (χ1n) is 7.41. The lowest BCUT2D eigenvalue weighted by molar-refractivity contribution is -0.129. The lowest BCUT2D eigenvalue weighted by atomic mass is 10.1. The number of hydrogen-bond donors (Lipinski definition) is 2. The van der Waals surface area contributed by atoms with Gasteiger partial charge in [-0.1, -0.05) is 30.3 Å². The van der Waals surface area contributed by atoms with Gasteiger partial charge in [-0.2, -0.15) is 0 Å². The molecule has 0 bridgehead atoms. The Bertz CT molecular complexity index is 476. The number of carbonyl (C=O) groups excluding carboxylic acids is 2. The van der Waals surface area contributed by atoms with Crippen molar-refractivity contribution in [1.29, 1.82) is 0 Å². The summed E-state index contributed by atoms with van der Waals surface area (Å²) in [7, 11) is 0. The van der Waals surface area contributed by atoms with Gasteiger partial charge in [-0.15, -0.1) is 0 Å². The normalized spacial score (nSPS) is 18.0. The van der Waals surface area contributed by atoms with Crippen molar-refractivity contribution >= 4 is 11.8 Å². The van der Waals surface area contributed by atoms with Crippen LogP contribution in [0, 0.1) is 5.92 Å². The average molecular weight is 290 g/mol. The number of nitrogens with zero attached hydrogens (tertiary/aromatic N) is 1. The second-order valence-corrected chi connectivity index (χ2v) is 5.34. The largest absolute Gasteiger partial charge is 0.396 e. The van der Waals surface area contributed by atoms with E-state index in [-0.39, 0.29) is 24.3 Å². The minimum absolute atomic E-state index is 0.0493. The molecule has 5 heteroatoms. The van der Waals surface area contributed by atoms with E-state index in [1.807, 2.05) is 30.3 Å². The zero-order chi connectivity index (χ0) is 15.1.